The monoisotopic (exact) mass is 351 g/mol. The second-order valence-electron chi connectivity index (χ2n) is 7.54. The van der Waals surface area contributed by atoms with Crippen molar-refractivity contribution in [2.24, 2.45) is 0 Å². The van der Waals surface area contributed by atoms with Gasteiger partial charge in [0.1, 0.15) is 0 Å². The highest BCUT2D eigenvalue weighted by Crippen LogP contribution is 2.18. The summed E-state index contributed by atoms with van der Waals surface area (Å²) in [7, 11) is 0. The van der Waals surface area contributed by atoms with Crippen molar-refractivity contribution in [1.82, 2.24) is 0 Å². The van der Waals surface area contributed by atoms with Crippen LogP contribution in [0.4, 0.5) is 0 Å². The van der Waals surface area contributed by atoms with Gasteiger partial charge in [-0.1, -0.05) is 57.8 Å². The molecule has 1 saturated heterocycles. The summed E-state index contributed by atoms with van der Waals surface area (Å²) in [5, 5.41) is 8.46. The van der Waals surface area contributed by atoms with E-state index in [1.807, 2.05) is 0 Å². The molecule has 1 heterocycles. The normalized spacial score (nSPS) is 17.5. The molecule has 1 rings (SSSR count). The van der Waals surface area contributed by atoms with Crippen molar-refractivity contribution in [3.8, 4) is 6.07 Å². The molecule has 3 nitrogen and oxygen atoms in total. The quantitative estimate of drug-likeness (QED) is 0.279. The van der Waals surface area contributed by atoms with Gasteiger partial charge in [-0.15, -0.1) is 0 Å². The summed E-state index contributed by atoms with van der Waals surface area (Å²) in [6, 6.07) is 2.21. The largest absolute Gasteiger partial charge is 0.381 e. The third-order valence-electron chi connectivity index (χ3n) is 5.17. The van der Waals surface area contributed by atoms with E-state index in [1.54, 1.807) is 0 Å². The molecule has 0 aromatic heterocycles. The van der Waals surface area contributed by atoms with E-state index >= 15 is 0 Å². The summed E-state index contributed by atoms with van der Waals surface area (Å²) in [5.74, 6) is 0. The van der Waals surface area contributed by atoms with Crippen molar-refractivity contribution in [2.45, 2.75) is 115 Å². The minimum atomic E-state index is 0.558. The minimum absolute atomic E-state index is 0.558. The second-order valence-corrected chi connectivity index (χ2v) is 7.54. The van der Waals surface area contributed by atoms with Crippen LogP contribution in [-0.2, 0) is 9.47 Å². The summed E-state index contributed by atoms with van der Waals surface area (Å²) in [4.78, 5) is 0. The van der Waals surface area contributed by atoms with Gasteiger partial charge in [0.15, 0.2) is 0 Å². The van der Waals surface area contributed by atoms with Crippen LogP contribution in [0.25, 0.3) is 0 Å². The molecule has 0 aliphatic carbocycles. The Labute approximate surface area is 156 Å². The number of nitrogens with zero attached hydrogens (tertiary/aromatic N) is 1. The van der Waals surface area contributed by atoms with Crippen molar-refractivity contribution in [1.29, 1.82) is 5.26 Å². The molecular formula is C22H41NO2. The molecule has 0 saturated carbocycles. The molecule has 146 valence electrons. The predicted octanol–water partition coefficient (Wildman–Crippen LogP) is 6.56. The Bertz CT molecular complexity index is 308. The van der Waals surface area contributed by atoms with Gasteiger partial charge in [0.2, 0.25) is 0 Å². The molecule has 25 heavy (non-hydrogen) atoms. The lowest BCUT2D eigenvalue weighted by Crippen LogP contribution is -2.18. The Morgan fingerprint density at radius 2 is 1.36 bits per heavy atom. The fourth-order valence-electron chi connectivity index (χ4n) is 3.54. The predicted molar refractivity (Wildman–Crippen MR) is 105 cm³/mol. The molecule has 0 spiro atoms. The minimum Gasteiger partial charge on any atom is -0.381 e. The molecule has 0 N–H and O–H groups in total. The first-order valence-electron chi connectivity index (χ1n) is 11.0. The highest BCUT2D eigenvalue weighted by molar-refractivity contribution is 4.67. The standard InChI is InChI=1S/C22H41NO2/c23-18-12-7-4-2-1-3-5-8-13-19-24-20-14-9-6-10-16-22-17-11-15-21-25-22/h22H,1-17,19-21H2. The van der Waals surface area contributed by atoms with Gasteiger partial charge in [-0.25, -0.2) is 0 Å². The van der Waals surface area contributed by atoms with Crippen LogP contribution in [0, 0.1) is 11.3 Å². The van der Waals surface area contributed by atoms with Crippen molar-refractivity contribution >= 4 is 0 Å². The Morgan fingerprint density at radius 3 is 1.96 bits per heavy atom. The number of ether oxygens (including phenoxy) is 2. The molecule has 0 aromatic carbocycles. The molecule has 1 atom stereocenters. The lowest BCUT2D eigenvalue weighted by molar-refractivity contribution is 0.00968. The van der Waals surface area contributed by atoms with Gasteiger partial charge in [-0.05, 0) is 44.9 Å². The number of nitriles is 1. The zero-order chi connectivity index (χ0) is 17.8. The fourth-order valence-corrected chi connectivity index (χ4v) is 3.54. The van der Waals surface area contributed by atoms with Gasteiger partial charge in [0, 0.05) is 26.2 Å². The summed E-state index contributed by atoms with van der Waals surface area (Å²) in [6.45, 7) is 2.87. The van der Waals surface area contributed by atoms with Crippen LogP contribution in [0.15, 0.2) is 0 Å². The van der Waals surface area contributed by atoms with Crippen LogP contribution in [-0.4, -0.2) is 25.9 Å². The molecule has 3 heteroatoms. The van der Waals surface area contributed by atoms with Crippen LogP contribution in [0.5, 0.6) is 0 Å². The topological polar surface area (TPSA) is 42.2 Å². The van der Waals surface area contributed by atoms with E-state index in [4.69, 9.17) is 14.7 Å². The highest BCUT2D eigenvalue weighted by Gasteiger charge is 2.12. The Morgan fingerprint density at radius 1 is 0.760 bits per heavy atom. The zero-order valence-electron chi connectivity index (χ0n) is 16.5. The summed E-state index contributed by atoms with van der Waals surface area (Å²) in [6.07, 6.45) is 21.8. The molecule has 1 aliphatic heterocycles. The maximum atomic E-state index is 8.46. The smallest absolute Gasteiger partial charge is 0.0621 e. The SMILES string of the molecule is N#CCCCCCCCCCCOCCCCCCC1CCCCO1. The first kappa shape index (κ1) is 22.5. The average molecular weight is 352 g/mol. The average Bonchev–Trinajstić information content (AvgIpc) is 2.65. The van der Waals surface area contributed by atoms with E-state index in [-0.39, 0.29) is 0 Å². The van der Waals surface area contributed by atoms with Crippen LogP contribution >= 0.6 is 0 Å². The van der Waals surface area contributed by atoms with Gasteiger partial charge in [0.05, 0.1) is 12.2 Å². The molecular weight excluding hydrogens is 310 g/mol. The van der Waals surface area contributed by atoms with E-state index < -0.39 is 0 Å². The molecule has 0 aromatic rings. The first-order chi connectivity index (χ1) is 12.4. The molecule has 0 bridgehead atoms. The zero-order valence-corrected chi connectivity index (χ0v) is 16.5. The van der Waals surface area contributed by atoms with E-state index in [1.165, 1.54) is 96.3 Å². The fraction of sp³-hybridized carbons (Fsp3) is 0.955. The van der Waals surface area contributed by atoms with Crippen LogP contribution in [0.1, 0.15) is 109 Å². The second kappa shape index (κ2) is 18.2. The molecule has 0 radical (unpaired) electrons. The van der Waals surface area contributed by atoms with Crippen LogP contribution in [0.2, 0.25) is 0 Å². The summed E-state index contributed by atoms with van der Waals surface area (Å²) in [5.41, 5.74) is 0. The van der Waals surface area contributed by atoms with E-state index in [0.717, 1.165) is 32.7 Å². The third-order valence-corrected chi connectivity index (χ3v) is 5.17. The molecule has 0 amide bonds. The van der Waals surface area contributed by atoms with E-state index in [2.05, 4.69) is 6.07 Å². The lowest BCUT2D eigenvalue weighted by Gasteiger charge is -2.22. The maximum Gasteiger partial charge on any atom is 0.0621 e. The van der Waals surface area contributed by atoms with Gasteiger partial charge in [0.25, 0.3) is 0 Å². The molecule has 1 fully saturated rings. The van der Waals surface area contributed by atoms with E-state index in [0.29, 0.717) is 6.10 Å². The van der Waals surface area contributed by atoms with E-state index in [9.17, 15) is 0 Å². The van der Waals surface area contributed by atoms with Crippen molar-refractivity contribution in [3.05, 3.63) is 0 Å². The number of rotatable bonds is 17. The molecule has 1 aliphatic rings. The van der Waals surface area contributed by atoms with Crippen LogP contribution in [0.3, 0.4) is 0 Å². The van der Waals surface area contributed by atoms with Gasteiger partial charge >= 0.3 is 0 Å². The highest BCUT2D eigenvalue weighted by atomic mass is 16.5. The Kier molecular flexibility index (Phi) is 16.4. The number of hydrogen-bond acceptors (Lipinski definition) is 3. The molecule has 1 unspecified atom stereocenters. The van der Waals surface area contributed by atoms with Gasteiger partial charge in [-0.2, -0.15) is 5.26 Å². The van der Waals surface area contributed by atoms with Crippen molar-refractivity contribution in [2.75, 3.05) is 19.8 Å². The van der Waals surface area contributed by atoms with Crippen molar-refractivity contribution < 1.29 is 9.47 Å². The summed E-state index contributed by atoms with van der Waals surface area (Å²) >= 11 is 0. The summed E-state index contributed by atoms with van der Waals surface area (Å²) < 4.78 is 11.5. The maximum absolute atomic E-state index is 8.46. The third kappa shape index (κ3) is 15.4. The lowest BCUT2D eigenvalue weighted by atomic mass is 10.0. The first-order valence-corrected chi connectivity index (χ1v) is 11.0. The Hall–Kier alpha value is -0.590. The number of hydrogen-bond donors (Lipinski definition) is 0. The van der Waals surface area contributed by atoms with Crippen molar-refractivity contribution in [3.63, 3.8) is 0 Å². The van der Waals surface area contributed by atoms with Gasteiger partial charge < -0.3 is 9.47 Å². The number of unbranched alkanes of at least 4 members (excludes halogenated alkanes) is 11. The van der Waals surface area contributed by atoms with Gasteiger partial charge in [-0.3, -0.25) is 0 Å². The van der Waals surface area contributed by atoms with Crippen LogP contribution < -0.4 is 0 Å². The Balaban J connectivity index is 1.66.